The van der Waals surface area contributed by atoms with Crippen LogP contribution in [0.15, 0.2) is 41.8 Å². The average Bonchev–Trinajstić information content (AvgIpc) is 3.15. The highest BCUT2D eigenvalue weighted by atomic mass is 32.2. The Bertz CT molecular complexity index is 914. The predicted octanol–water partition coefficient (Wildman–Crippen LogP) is 2.71. The van der Waals surface area contributed by atoms with Crippen molar-refractivity contribution < 1.29 is 19.1 Å². The predicted molar refractivity (Wildman–Crippen MR) is 114 cm³/mol. The minimum atomic E-state index is -0.638. The molecule has 1 unspecified atom stereocenters. The molecular weight excluding hydrogens is 404 g/mol. The van der Waals surface area contributed by atoms with Crippen molar-refractivity contribution in [2.75, 3.05) is 24.2 Å². The standard InChI is InChI=1S/C21H26N4O4S/c1-15-7-5-6-11-25(15)19(27)13-29-20(28)16-8-3-4-9-17(16)23-18(26)14-30-21-22-10-12-24(21)2/h3-4,8-10,12,15H,5-7,11,13-14H2,1-2H3,(H,23,26). The van der Waals surface area contributed by atoms with Gasteiger partial charge in [-0.15, -0.1) is 0 Å². The summed E-state index contributed by atoms with van der Waals surface area (Å²) in [5.74, 6) is -0.940. The minimum Gasteiger partial charge on any atom is -0.452 e. The van der Waals surface area contributed by atoms with Gasteiger partial charge in [-0.3, -0.25) is 9.59 Å². The molecule has 160 valence electrons. The van der Waals surface area contributed by atoms with Gasteiger partial charge < -0.3 is 19.5 Å². The van der Waals surface area contributed by atoms with Crippen LogP contribution in [0.3, 0.4) is 0 Å². The number of hydrogen-bond donors (Lipinski definition) is 1. The van der Waals surface area contributed by atoms with Gasteiger partial charge in [-0.25, -0.2) is 9.78 Å². The maximum atomic E-state index is 12.5. The number of aromatic nitrogens is 2. The topological polar surface area (TPSA) is 93.5 Å². The van der Waals surface area contributed by atoms with Gasteiger partial charge >= 0.3 is 5.97 Å². The van der Waals surface area contributed by atoms with E-state index in [0.717, 1.165) is 24.4 Å². The number of carbonyl (C=O) groups is 3. The Kier molecular flexibility index (Phi) is 7.51. The van der Waals surface area contributed by atoms with Gasteiger partial charge in [-0.05, 0) is 38.3 Å². The fourth-order valence-electron chi connectivity index (χ4n) is 3.33. The zero-order valence-corrected chi connectivity index (χ0v) is 18.0. The van der Waals surface area contributed by atoms with Crippen LogP contribution in [0.25, 0.3) is 0 Å². The molecule has 0 bridgehead atoms. The van der Waals surface area contributed by atoms with Gasteiger partial charge in [-0.1, -0.05) is 23.9 Å². The zero-order valence-electron chi connectivity index (χ0n) is 17.2. The van der Waals surface area contributed by atoms with Crippen molar-refractivity contribution in [2.24, 2.45) is 7.05 Å². The Morgan fingerprint density at radius 1 is 1.27 bits per heavy atom. The van der Waals surface area contributed by atoms with E-state index in [2.05, 4.69) is 10.3 Å². The quantitative estimate of drug-likeness (QED) is 0.536. The van der Waals surface area contributed by atoms with Gasteiger partial charge in [0.05, 0.1) is 17.0 Å². The molecule has 1 aromatic carbocycles. The van der Waals surface area contributed by atoms with Crippen molar-refractivity contribution in [1.82, 2.24) is 14.5 Å². The molecule has 0 aliphatic carbocycles. The number of piperidine rings is 1. The van der Waals surface area contributed by atoms with Crippen molar-refractivity contribution in [3.05, 3.63) is 42.2 Å². The molecule has 0 saturated carbocycles. The molecule has 9 heteroatoms. The van der Waals surface area contributed by atoms with E-state index in [9.17, 15) is 14.4 Å². The third-order valence-corrected chi connectivity index (χ3v) is 6.04. The lowest BCUT2D eigenvalue weighted by Crippen LogP contribution is -2.44. The molecule has 0 spiro atoms. The Morgan fingerprint density at radius 3 is 2.80 bits per heavy atom. The van der Waals surface area contributed by atoms with Gasteiger partial charge in [0.2, 0.25) is 5.91 Å². The number of amides is 2. The molecule has 1 aromatic heterocycles. The summed E-state index contributed by atoms with van der Waals surface area (Å²) < 4.78 is 7.07. The second kappa shape index (κ2) is 10.3. The monoisotopic (exact) mass is 430 g/mol. The summed E-state index contributed by atoms with van der Waals surface area (Å²) >= 11 is 1.30. The van der Waals surface area contributed by atoms with Gasteiger partial charge in [-0.2, -0.15) is 0 Å². The summed E-state index contributed by atoms with van der Waals surface area (Å²) in [6.45, 7) is 2.39. The summed E-state index contributed by atoms with van der Waals surface area (Å²) in [4.78, 5) is 43.2. The fourth-order valence-corrected chi connectivity index (χ4v) is 4.07. The normalized spacial score (nSPS) is 16.2. The van der Waals surface area contributed by atoms with E-state index in [1.807, 2.05) is 18.5 Å². The number of benzene rings is 1. The SMILES string of the molecule is CC1CCCCN1C(=O)COC(=O)c1ccccc1NC(=O)CSc1nccn1C. The second-order valence-corrected chi connectivity index (χ2v) is 8.15. The largest absolute Gasteiger partial charge is 0.452 e. The summed E-state index contributed by atoms with van der Waals surface area (Å²) in [6, 6.07) is 6.77. The van der Waals surface area contributed by atoms with Crippen LogP contribution in [0.1, 0.15) is 36.5 Å². The summed E-state index contributed by atoms with van der Waals surface area (Å²) in [5.41, 5.74) is 0.569. The molecule has 2 heterocycles. The van der Waals surface area contributed by atoms with E-state index >= 15 is 0 Å². The molecule has 30 heavy (non-hydrogen) atoms. The second-order valence-electron chi connectivity index (χ2n) is 7.21. The first-order valence-electron chi connectivity index (χ1n) is 9.91. The first-order valence-corrected chi connectivity index (χ1v) is 10.9. The molecule has 1 fully saturated rings. The molecule has 1 aliphatic rings. The van der Waals surface area contributed by atoms with E-state index in [0.29, 0.717) is 12.2 Å². The van der Waals surface area contributed by atoms with Crippen molar-refractivity contribution in [3.8, 4) is 0 Å². The first kappa shape index (κ1) is 21.9. The Balaban J connectivity index is 1.55. The molecule has 1 atom stereocenters. The number of ether oxygens (including phenoxy) is 1. The van der Waals surface area contributed by atoms with Crippen LogP contribution in [0.2, 0.25) is 0 Å². The summed E-state index contributed by atoms with van der Waals surface area (Å²) in [6.07, 6.45) is 6.51. The smallest absolute Gasteiger partial charge is 0.340 e. The number of rotatable bonds is 7. The van der Waals surface area contributed by atoms with Crippen LogP contribution in [-0.4, -0.2) is 57.2 Å². The van der Waals surface area contributed by atoms with Crippen LogP contribution >= 0.6 is 11.8 Å². The number of imidazole rings is 1. The molecule has 1 N–H and O–H groups in total. The number of para-hydroxylation sites is 1. The number of aryl methyl sites for hydroxylation is 1. The van der Waals surface area contributed by atoms with E-state index < -0.39 is 5.97 Å². The van der Waals surface area contributed by atoms with Gasteiger partial charge in [0.25, 0.3) is 5.91 Å². The van der Waals surface area contributed by atoms with E-state index in [1.165, 1.54) is 11.8 Å². The first-order chi connectivity index (χ1) is 14.5. The van der Waals surface area contributed by atoms with E-state index in [1.54, 1.807) is 41.6 Å². The summed E-state index contributed by atoms with van der Waals surface area (Å²) in [5, 5.41) is 3.46. The number of carbonyl (C=O) groups excluding carboxylic acids is 3. The van der Waals surface area contributed by atoms with E-state index in [-0.39, 0.29) is 35.8 Å². The Labute approximate surface area is 180 Å². The van der Waals surface area contributed by atoms with Crippen molar-refractivity contribution in [1.29, 1.82) is 0 Å². The maximum absolute atomic E-state index is 12.5. The number of hydrogen-bond acceptors (Lipinski definition) is 6. The van der Waals surface area contributed by atoms with Gasteiger partial charge in [0, 0.05) is 32.0 Å². The average molecular weight is 431 g/mol. The molecule has 2 amide bonds. The van der Waals surface area contributed by atoms with Crippen molar-refractivity contribution in [2.45, 2.75) is 37.4 Å². The lowest BCUT2D eigenvalue weighted by molar-refractivity contribution is -0.137. The number of thioether (sulfide) groups is 1. The minimum absolute atomic E-state index is 0.152. The van der Waals surface area contributed by atoms with E-state index in [4.69, 9.17) is 4.74 Å². The number of nitrogens with one attached hydrogen (secondary N) is 1. The molecular formula is C21H26N4O4S. The molecule has 8 nitrogen and oxygen atoms in total. The van der Waals surface area contributed by atoms with Crippen LogP contribution in [0.4, 0.5) is 5.69 Å². The van der Waals surface area contributed by atoms with Crippen molar-refractivity contribution in [3.63, 3.8) is 0 Å². The maximum Gasteiger partial charge on any atom is 0.340 e. The van der Waals surface area contributed by atoms with Crippen LogP contribution in [0.5, 0.6) is 0 Å². The number of esters is 1. The Hall–Kier alpha value is -2.81. The van der Waals surface area contributed by atoms with Gasteiger partial charge in [0.1, 0.15) is 0 Å². The zero-order chi connectivity index (χ0) is 21.5. The van der Waals surface area contributed by atoms with Crippen LogP contribution < -0.4 is 5.32 Å². The molecule has 3 rings (SSSR count). The molecule has 0 radical (unpaired) electrons. The highest BCUT2D eigenvalue weighted by molar-refractivity contribution is 7.99. The van der Waals surface area contributed by atoms with Crippen molar-refractivity contribution >= 4 is 35.2 Å². The highest BCUT2D eigenvalue weighted by Crippen LogP contribution is 2.20. The molecule has 2 aromatic rings. The van der Waals surface area contributed by atoms with Gasteiger partial charge in [0.15, 0.2) is 11.8 Å². The lowest BCUT2D eigenvalue weighted by Gasteiger charge is -2.33. The summed E-state index contributed by atoms with van der Waals surface area (Å²) in [7, 11) is 1.85. The molecule has 1 aliphatic heterocycles. The highest BCUT2D eigenvalue weighted by Gasteiger charge is 2.24. The number of likely N-dealkylation sites (tertiary alicyclic amines) is 1. The number of nitrogens with zero attached hydrogens (tertiary/aromatic N) is 3. The Morgan fingerprint density at radius 2 is 2.07 bits per heavy atom. The number of anilines is 1. The third kappa shape index (κ3) is 5.63. The lowest BCUT2D eigenvalue weighted by atomic mass is 10.0. The fraction of sp³-hybridized carbons (Fsp3) is 0.429. The van der Waals surface area contributed by atoms with Crippen LogP contribution in [-0.2, 0) is 21.4 Å². The molecule has 1 saturated heterocycles. The van der Waals surface area contributed by atoms with Crippen LogP contribution in [0, 0.1) is 0 Å². The third-order valence-electron chi connectivity index (χ3n) is 4.98.